The lowest BCUT2D eigenvalue weighted by molar-refractivity contribution is -0.137. The van der Waals surface area contributed by atoms with Crippen LogP contribution in [0.4, 0.5) is 36.3 Å². The quantitative estimate of drug-likeness (QED) is 0.385. The van der Waals surface area contributed by atoms with Crippen molar-refractivity contribution in [3.05, 3.63) is 65.9 Å². The van der Waals surface area contributed by atoms with Crippen molar-refractivity contribution in [1.82, 2.24) is 9.97 Å². The number of ether oxygens (including phenoxy) is 1. The molecule has 0 bridgehead atoms. The molecule has 0 aliphatic carbocycles. The Hall–Kier alpha value is -3.29. The second kappa shape index (κ2) is 9.68. The molecule has 0 aliphatic heterocycles. The van der Waals surface area contributed by atoms with Crippen LogP contribution in [0.1, 0.15) is 52.2 Å². The third kappa shape index (κ3) is 6.37. The smallest absolute Gasteiger partial charge is 0.421 e. The molecule has 0 amide bonds. The summed E-state index contributed by atoms with van der Waals surface area (Å²) in [5.41, 5.74) is 0.867. The number of para-hydroxylation sites is 1. The molecule has 5 nitrogen and oxygen atoms in total. The molecule has 3 rings (SSSR count). The standard InChI is InChI=1S/C25H29F3N4O/c1-6-16(2)33-18-13-11-17(12-14-18)30-23-29-15-20(25(26,27)28)22(32-23)31-21-10-8-7-9-19(21)24(3,4)5/h7-16H,6H2,1-5H3,(H2,29,30,31,32). The third-order valence-corrected chi connectivity index (χ3v) is 5.10. The zero-order chi connectivity index (χ0) is 24.2. The van der Waals surface area contributed by atoms with Crippen molar-refractivity contribution in [2.24, 2.45) is 0 Å². The fourth-order valence-corrected chi connectivity index (χ4v) is 3.18. The van der Waals surface area contributed by atoms with E-state index in [-0.39, 0.29) is 23.3 Å². The van der Waals surface area contributed by atoms with Crippen LogP contribution >= 0.6 is 0 Å². The predicted octanol–water partition coefficient (Wildman–Crippen LogP) is 7.46. The number of nitrogens with one attached hydrogen (secondary N) is 2. The van der Waals surface area contributed by atoms with E-state index in [9.17, 15) is 13.2 Å². The third-order valence-electron chi connectivity index (χ3n) is 5.10. The average molecular weight is 459 g/mol. The van der Waals surface area contributed by atoms with Crippen LogP contribution in [0.25, 0.3) is 0 Å². The Morgan fingerprint density at radius 2 is 1.61 bits per heavy atom. The molecule has 33 heavy (non-hydrogen) atoms. The number of alkyl halides is 3. The van der Waals surface area contributed by atoms with Crippen LogP contribution in [0.15, 0.2) is 54.7 Å². The van der Waals surface area contributed by atoms with Gasteiger partial charge in [0.1, 0.15) is 17.1 Å². The van der Waals surface area contributed by atoms with Crippen molar-refractivity contribution in [3.63, 3.8) is 0 Å². The van der Waals surface area contributed by atoms with Gasteiger partial charge in [-0.25, -0.2) is 4.98 Å². The molecule has 0 radical (unpaired) electrons. The molecular formula is C25H29F3N4O. The Morgan fingerprint density at radius 3 is 2.21 bits per heavy atom. The first kappa shape index (κ1) is 24.4. The molecule has 3 aromatic rings. The summed E-state index contributed by atoms with van der Waals surface area (Å²) >= 11 is 0. The monoisotopic (exact) mass is 458 g/mol. The lowest BCUT2D eigenvalue weighted by Crippen LogP contribution is -2.16. The molecular weight excluding hydrogens is 429 g/mol. The van der Waals surface area contributed by atoms with E-state index in [4.69, 9.17) is 4.74 Å². The van der Waals surface area contributed by atoms with Gasteiger partial charge < -0.3 is 15.4 Å². The normalized spacial score (nSPS) is 12.8. The molecule has 1 unspecified atom stereocenters. The highest BCUT2D eigenvalue weighted by Gasteiger charge is 2.35. The molecule has 1 heterocycles. The van der Waals surface area contributed by atoms with Crippen LogP contribution in [0, 0.1) is 0 Å². The molecule has 0 aliphatic rings. The minimum absolute atomic E-state index is 0.0503. The van der Waals surface area contributed by atoms with Gasteiger partial charge in [0.05, 0.1) is 6.10 Å². The maximum absolute atomic E-state index is 13.7. The van der Waals surface area contributed by atoms with Gasteiger partial charge >= 0.3 is 6.18 Å². The van der Waals surface area contributed by atoms with E-state index in [1.165, 1.54) is 0 Å². The number of hydrogen-bond donors (Lipinski definition) is 2. The van der Waals surface area contributed by atoms with Crippen LogP contribution in [0.2, 0.25) is 0 Å². The number of aromatic nitrogens is 2. The highest BCUT2D eigenvalue weighted by atomic mass is 19.4. The fourth-order valence-electron chi connectivity index (χ4n) is 3.18. The van der Waals surface area contributed by atoms with Gasteiger partial charge in [-0.3, -0.25) is 0 Å². The Balaban J connectivity index is 1.90. The Bertz CT molecular complexity index is 1080. The zero-order valence-electron chi connectivity index (χ0n) is 19.4. The first-order chi connectivity index (χ1) is 15.5. The Morgan fingerprint density at radius 1 is 0.939 bits per heavy atom. The maximum Gasteiger partial charge on any atom is 0.421 e. The number of nitrogens with zero attached hydrogens (tertiary/aromatic N) is 2. The van der Waals surface area contributed by atoms with Crippen LogP contribution in [0.5, 0.6) is 5.75 Å². The van der Waals surface area contributed by atoms with Crippen molar-refractivity contribution >= 4 is 23.1 Å². The molecule has 0 fully saturated rings. The summed E-state index contributed by atoms with van der Waals surface area (Å²) in [6, 6.07) is 14.4. The first-order valence-electron chi connectivity index (χ1n) is 10.8. The molecule has 1 aromatic heterocycles. The summed E-state index contributed by atoms with van der Waals surface area (Å²) in [6.45, 7) is 10.0. The van der Waals surface area contributed by atoms with Crippen LogP contribution in [0.3, 0.4) is 0 Å². The topological polar surface area (TPSA) is 59.1 Å². The predicted molar refractivity (Wildman–Crippen MR) is 126 cm³/mol. The van der Waals surface area contributed by atoms with Crippen molar-refractivity contribution in [2.45, 2.75) is 58.7 Å². The average Bonchev–Trinajstić information content (AvgIpc) is 2.74. The van der Waals surface area contributed by atoms with E-state index in [1.54, 1.807) is 36.4 Å². The van der Waals surface area contributed by atoms with E-state index in [0.717, 1.165) is 18.2 Å². The van der Waals surface area contributed by atoms with E-state index in [0.29, 0.717) is 17.1 Å². The summed E-state index contributed by atoms with van der Waals surface area (Å²) in [5, 5.41) is 5.85. The van der Waals surface area contributed by atoms with Gasteiger partial charge in [0.25, 0.3) is 0 Å². The number of benzene rings is 2. The number of hydrogen-bond acceptors (Lipinski definition) is 5. The lowest BCUT2D eigenvalue weighted by atomic mass is 9.86. The fraction of sp³-hybridized carbons (Fsp3) is 0.360. The molecule has 8 heteroatoms. The van der Waals surface area contributed by atoms with Crippen LogP contribution in [-0.2, 0) is 11.6 Å². The zero-order valence-corrected chi connectivity index (χ0v) is 19.4. The molecule has 176 valence electrons. The van der Waals surface area contributed by atoms with Gasteiger partial charge in [-0.2, -0.15) is 18.2 Å². The SMILES string of the molecule is CCC(C)Oc1ccc(Nc2ncc(C(F)(F)F)c(Nc3ccccc3C(C)(C)C)n2)cc1. The minimum Gasteiger partial charge on any atom is -0.491 e. The first-order valence-corrected chi connectivity index (χ1v) is 10.8. The summed E-state index contributed by atoms with van der Waals surface area (Å²) in [4.78, 5) is 8.04. The maximum atomic E-state index is 13.7. The Labute approximate surface area is 192 Å². The van der Waals surface area contributed by atoms with Gasteiger partial charge in [0.2, 0.25) is 5.95 Å². The highest BCUT2D eigenvalue weighted by Crippen LogP contribution is 2.37. The van der Waals surface area contributed by atoms with Crippen molar-refractivity contribution in [2.75, 3.05) is 10.6 Å². The van der Waals surface area contributed by atoms with Gasteiger partial charge in [-0.1, -0.05) is 45.9 Å². The summed E-state index contributed by atoms with van der Waals surface area (Å²) in [5.74, 6) is 0.451. The Kier molecular flexibility index (Phi) is 7.15. The molecule has 2 aromatic carbocycles. The van der Waals surface area contributed by atoms with Crippen molar-refractivity contribution in [1.29, 1.82) is 0 Å². The summed E-state index contributed by atoms with van der Waals surface area (Å²) < 4.78 is 46.8. The van der Waals surface area contributed by atoms with E-state index < -0.39 is 11.7 Å². The van der Waals surface area contributed by atoms with Crippen LogP contribution < -0.4 is 15.4 Å². The molecule has 1 atom stereocenters. The summed E-state index contributed by atoms with van der Waals surface area (Å²) in [7, 11) is 0. The van der Waals surface area contributed by atoms with Gasteiger partial charge in [-0.05, 0) is 54.7 Å². The van der Waals surface area contributed by atoms with E-state index >= 15 is 0 Å². The summed E-state index contributed by atoms with van der Waals surface area (Å²) in [6.07, 6.45) is -2.84. The van der Waals surface area contributed by atoms with Crippen LogP contribution in [-0.4, -0.2) is 16.1 Å². The second-order valence-electron chi connectivity index (χ2n) is 8.86. The number of halogens is 3. The number of rotatable bonds is 7. The van der Waals surface area contributed by atoms with E-state index in [2.05, 4.69) is 20.6 Å². The lowest BCUT2D eigenvalue weighted by Gasteiger charge is -2.24. The van der Waals surface area contributed by atoms with E-state index in [1.807, 2.05) is 46.8 Å². The molecule has 2 N–H and O–H groups in total. The second-order valence-corrected chi connectivity index (χ2v) is 8.86. The highest BCUT2D eigenvalue weighted by molar-refractivity contribution is 5.66. The van der Waals surface area contributed by atoms with Crippen molar-refractivity contribution in [3.8, 4) is 5.75 Å². The number of anilines is 4. The molecule has 0 spiro atoms. The van der Waals surface area contributed by atoms with Crippen molar-refractivity contribution < 1.29 is 17.9 Å². The minimum atomic E-state index is -4.60. The largest absolute Gasteiger partial charge is 0.491 e. The molecule has 0 saturated heterocycles. The van der Waals surface area contributed by atoms with Gasteiger partial charge in [0, 0.05) is 17.6 Å². The van der Waals surface area contributed by atoms with Gasteiger partial charge in [-0.15, -0.1) is 0 Å². The molecule has 0 saturated carbocycles. The van der Waals surface area contributed by atoms with Gasteiger partial charge in [0.15, 0.2) is 0 Å².